The van der Waals surface area contributed by atoms with Crippen molar-refractivity contribution in [1.29, 1.82) is 0 Å². The van der Waals surface area contributed by atoms with Gasteiger partial charge in [0, 0.05) is 30.2 Å². The van der Waals surface area contributed by atoms with Crippen molar-refractivity contribution in [3.8, 4) is 0 Å². The lowest BCUT2D eigenvalue weighted by atomic mass is 10.1. The summed E-state index contributed by atoms with van der Waals surface area (Å²) in [7, 11) is 0. The van der Waals surface area contributed by atoms with Crippen LogP contribution in [0.15, 0.2) is 60.6 Å². The van der Waals surface area contributed by atoms with Gasteiger partial charge in [0.15, 0.2) is 0 Å². The van der Waals surface area contributed by atoms with Gasteiger partial charge in [-0.25, -0.2) is 0 Å². The van der Waals surface area contributed by atoms with Crippen LogP contribution in [0.1, 0.15) is 12.5 Å². The second kappa shape index (κ2) is 5.12. The Balaban J connectivity index is 1.90. The highest BCUT2D eigenvalue weighted by Gasteiger charge is 2.32. The molecule has 0 amide bonds. The van der Waals surface area contributed by atoms with E-state index in [0.29, 0.717) is 6.54 Å². The van der Waals surface area contributed by atoms with Crippen molar-refractivity contribution in [2.24, 2.45) is 0 Å². The van der Waals surface area contributed by atoms with E-state index in [1.54, 1.807) is 6.08 Å². The Hall–Kier alpha value is -2.37. The average Bonchev–Trinajstić information content (AvgIpc) is 2.90. The number of allylic oxidation sites excluding steroid dienone is 1. The summed E-state index contributed by atoms with van der Waals surface area (Å²) in [6.07, 6.45) is 1.24. The van der Waals surface area contributed by atoms with Crippen LogP contribution >= 0.6 is 0 Å². The Morgan fingerprint density at radius 2 is 1.95 bits per heavy atom. The number of halogens is 3. The lowest BCUT2D eigenvalue weighted by Crippen LogP contribution is -2.47. The van der Waals surface area contributed by atoms with Crippen molar-refractivity contribution < 1.29 is 13.2 Å². The Morgan fingerprint density at radius 3 is 2.55 bits per heavy atom. The molecule has 3 rings (SSSR count). The second-order valence-corrected chi connectivity index (χ2v) is 5.36. The quantitative estimate of drug-likeness (QED) is 0.900. The number of nitrogens with one attached hydrogen (secondary N) is 1. The van der Waals surface area contributed by atoms with Gasteiger partial charge in [-0.05, 0) is 31.2 Å². The molecule has 1 aromatic rings. The maximum atomic E-state index is 12.6. The van der Waals surface area contributed by atoms with E-state index < -0.39 is 11.7 Å². The van der Waals surface area contributed by atoms with Crippen LogP contribution in [0.25, 0.3) is 0 Å². The van der Waals surface area contributed by atoms with E-state index in [2.05, 4.69) is 18.9 Å². The van der Waals surface area contributed by atoms with Gasteiger partial charge in [0.05, 0.1) is 17.3 Å². The maximum Gasteiger partial charge on any atom is 0.416 e. The molecule has 3 nitrogen and oxygen atoms in total. The van der Waals surface area contributed by atoms with Gasteiger partial charge in [0.1, 0.15) is 0 Å². The van der Waals surface area contributed by atoms with E-state index in [9.17, 15) is 13.2 Å². The molecular formula is C16H16F3N3. The molecule has 6 heteroatoms. The van der Waals surface area contributed by atoms with E-state index in [0.717, 1.165) is 29.1 Å². The number of rotatable bonds is 2. The first-order valence-electron chi connectivity index (χ1n) is 6.94. The summed E-state index contributed by atoms with van der Waals surface area (Å²) in [6, 6.07) is 5.41. The van der Waals surface area contributed by atoms with E-state index in [1.165, 1.54) is 12.1 Å². The van der Waals surface area contributed by atoms with Gasteiger partial charge in [0.2, 0.25) is 0 Å². The van der Waals surface area contributed by atoms with Crippen molar-refractivity contribution >= 4 is 5.69 Å². The Morgan fingerprint density at radius 1 is 1.27 bits per heavy atom. The number of anilines is 1. The van der Waals surface area contributed by atoms with Crippen LogP contribution in [-0.2, 0) is 6.18 Å². The van der Waals surface area contributed by atoms with Crippen LogP contribution in [0.3, 0.4) is 0 Å². The zero-order valence-electron chi connectivity index (χ0n) is 12.1. The molecule has 2 aliphatic rings. The van der Waals surface area contributed by atoms with Gasteiger partial charge in [-0.1, -0.05) is 12.7 Å². The summed E-state index contributed by atoms with van der Waals surface area (Å²) >= 11 is 0. The first kappa shape index (κ1) is 14.6. The molecule has 0 saturated heterocycles. The lowest BCUT2D eigenvalue weighted by molar-refractivity contribution is -0.137. The molecule has 1 N–H and O–H groups in total. The molecule has 0 bridgehead atoms. The van der Waals surface area contributed by atoms with E-state index in [-0.39, 0.29) is 6.04 Å². The third-order valence-electron chi connectivity index (χ3n) is 3.84. The second-order valence-electron chi connectivity index (χ2n) is 5.36. The molecular weight excluding hydrogens is 291 g/mol. The summed E-state index contributed by atoms with van der Waals surface area (Å²) in [4.78, 5) is 1.96. The van der Waals surface area contributed by atoms with Crippen LogP contribution in [0.4, 0.5) is 18.9 Å². The Kier molecular flexibility index (Phi) is 3.39. The Bertz CT molecular complexity index is 644. The van der Waals surface area contributed by atoms with Gasteiger partial charge in [-0.3, -0.25) is 5.01 Å². The van der Waals surface area contributed by atoms with E-state index in [4.69, 9.17) is 0 Å². The number of hydrazine groups is 1. The van der Waals surface area contributed by atoms with Crippen LogP contribution < -0.4 is 10.3 Å². The largest absolute Gasteiger partial charge is 0.416 e. The van der Waals surface area contributed by atoms with Crippen molar-refractivity contribution in [3.05, 3.63) is 66.2 Å². The monoisotopic (exact) mass is 307 g/mol. The molecule has 22 heavy (non-hydrogen) atoms. The van der Waals surface area contributed by atoms with Crippen molar-refractivity contribution in [2.45, 2.75) is 19.1 Å². The molecule has 0 aliphatic carbocycles. The predicted octanol–water partition coefficient (Wildman–Crippen LogP) is 3.65. The molecule has 0 fully saturated rings. The van der Waals surface area contributed by atoms with Crippen LogP contribution in [-0.4, -0.2) is 17.6 Å². The summed E-state index contributed by atoms with van der Waals surface area (Å²) in [5, 5.41) is 2.03. The van der Waals surface area contributed by atoms with Crippen molar-refractivity contribution in [1.82, 2.24) is 10.4 Å². The SMILES string of the molecule is C=CC1=CNN2C1=CN(c1ccc(C(F)(F)F)cc1)C[C@@H]2C. The topological polar surface area (TPSA) is 18.5 Å². The minimum Gasteiger partial charge on any atom is -0.344 e. The van der Waals surface area contributed by atoms with Gasteiger partial charge >= 0.3 is 6.18 Å². The average molecular weight is 307 g/mol. The minimum atomic E-state index is -4.31. The van der Waals surface area contributed by atoms with Gasteiger partial charge in [-0.15, -0.1) is 0 Å². The number of fused-ring (bicyclic) bond motifs is 1. The molecule has 0 aromatic heterocycles. The third kappa shape index (κ3) is 2.45. The minimum absolute atomic E-state index is 0.177. The zero-order valence-corrected chi connectivity index (χ0v) is 12.1. The fourth-order valence-electron chi connectivity index (χ4n) is 2.68. The number of hydrogen-bond acceptors (Lipinski definition) is 3. The highest BCUT2D eigenvalue weighted by Crippen LogP contribution is 2.33. The van der Waals surface area contributed by atoms with Crippen molar-refractivity contribution in [2.75, 3.05) is 11.4 Å². The normalized spacial score (nSPS) is 21.0. The van der Waals surface area contributed by atoms with E-state index >= 15 is 0 Å². The zero-order chi connectivity index (χ0) is 15.9. The first-order chi connectivity index (χ1) is 10.4. The summed E-state index contributed by atoms with van der Waals surface area (Å²) in [5.41, 5.74) is 5.20. The molecule has 1 atom stereocenters. The molecule has 2 heterocycles. The van der Waals surface area contributed by atoms with E-state index in [1.807, 2.05) is 22.3 Å². The van der Waals surface area contributed by atoms with Crippen LogP contribution in [0.5, 0.6) is 0 Å². The molecule has 1 aromatic carbocycles. The van der Waals surface area contributed by atoms with Crippen LogP contribution in [0, 0.1) is 0 Å². The number of hydrogen-bond donors (Lipinski definition) is 1. The smallest absolute Gasteiger partial charge is 0.344 e. The summed E-state index contributed by atoms with van der Waals surface area (Å²) in [5.74, 6) is 0. The number of nitrogens with zero attached hydrogens (tertiary/aromatic N) is 2. The molecule has 116 valence electrons. The third-order valence-corrected chi connectivity index (χ3v) is 3.84. The number of benzene rings is 1. The molecule has 0 radical (unpaired) electrons. The van der Waals surface area contributed by atoms with Crippen LogP contribution in [0.2, 0.25) is 0 Å². The first-order valence-corrected chi connectivity index (χ1v) is 6.94. The highest BCUT2D eigenvalue weighted by atomic mass is 19.4. The van der Waals surface area contributed by atoms with Gasteiger partial charge in [0.25, 0.3) is 0 Å². The van der Waals surface area contributed by atoms with Crippen molar-refractivity contribution in [3.63, 3.8) is 0 Å². The fourth-order valence-corrected chi connectivity index (χ4v) is 2.68. The predicted molar refractivity (Wildman–Crippen MR) is 79.6 cm³/mol. The summed E-state index contributed by atoms with van der Waals surface area (Å²) < 4.78 is 37.9. The molecule has 2 aliphatic heterocycles. The number of alkyl halides is 3. The van der Waals surface area contributed by atoms with Gasteiger partial charge in [-0.2, -0.15) is 13.2 Å². The molecule has 0 spiro atoms. The fraction of sp³-hybridized carbons (Fsp3) is 0.250. The van der Waals surface area contributed by atoms with Gasteiger partial charge < -0.3 is 10.3 Å². The Labute approximate surface area is 127 Å². The summed E-state index contributed by atoms with van der Waals surface area (Å²) in [6.45, 7) is 6.51. The highest BCUT2D eigenvalue weighted by molar-refractivity contribution is 5.55. The lowest BCUT2D eigenvalue weighted by Gasteiger charge is -2.38. The maximum absolute atomic E-state index is 12.6. The molecule has 0 unspecified atom stereocenters. The standard InChI is InChI=1S/C16H16F3N3/c1-3-12-8-20-22-11(2)9-21(10-15(12)22)14-6-4-13(5-7-14)16(17,18)19/h3-8,10-11,20H,1,9H2,2H3/t11-/m0/s1. The molecule has 0 saturated carbocycles.